The Morgan fingerprint density at radius 1 is 1.35 bits per heavy atom. The van der Waals surface area contributed by atoms with Gasteiger partial charge >= 0.3 is 6.09 Å². The van der Waals surface area contributed by atoms with Gasteiger partial charge in [-0.3, -0.25) is 0 Å². The number of carbonyl (C=O) groups excluding carboxylic acids is 1. The molecule has 0 aromatic heterocycles. The van der Waals surface area contributed by atoms with E-state index in [4.69, 9.17) is 21.1 Å². The van der Waals surface area contributed by atoms with Crippen molar-refractivity contribution in [1.29, 1.82) is 0 Å². The van der Waals surface area contributed by atoms with Crippen LogP contribution in [-0.4, -0.2) is 31.2 Å². The number of hydrogen-bond donors (Lipinski definition) is 0. The van der Waals surface area contributed by atoms with E-state index >= 15 is 0 Å². The van der Waals surface area contributed by atoms with Crippen LogP contribution in [0.1, 0.15) is 12.8 Å². The predicted molar refractivity (Wildman–Crippen MR) is 64.8 cm³/mol. The van der Waals surface area contributed by atoms with E-state index in [1.807, 2.05) is 0 Å². The summed E-state index contributed by atoms with van der Waals surface area (Å²) < 4.78 is 10.3. The Morgan fingerprint density at radius 2 is 2.06 bits per heavy atom. The number of carbonyl (C=O) groups is 1. The molecule has 0 spiro atoms. The van der Waals surface area contributed by atoms with Crippen LogP contribution in [0.4, 0.5) is 4.79 Å². The highest BCUT2D eigenvalue weighted by molar-refractivity contribution is 6.32. The minimum atomic E-state index is -0.313. The largest absolute Gasteiger partial charge is 0.495 e. The van der Waals surface area contributed by atoms with Gasteiger partial charge in [0.15, 0.2) is 0 Å². The van der Waals surface area contributed by atoms with Crippen molar-refractivity contribution < 1.29 is 14.3 Å². The monoisotopic (exact) mass is 255 g/mol. The first kappa shape index (κ1) is 12.0. The highest BCUT2D eigenvalue weighted by Crippen LogP contribution is 2.29. The molecule has 4 nitrogen and oxygen atoms in total. The zero-order chi connectivity index (χ0) is 12.3. The Morgan fingerprint density at radius 3 is 2.71 bits per heavy atom. The molecule has 0 radical (unpaired) electrons. The molecule has 1 saturated heterocycles. The van der Waals surface area contributed by atoms with Crippen LogP contribution in [0, 0.1) is 0 Å². The first-order valence-corrected chi connectivity index (χ1v) is 5.89. The van der Waals surface area contributed by atoms with E-state index in [2.05, 4.69) is 0 Å². The second-order valence-corrected chi connectivity index (χ2v) is 4.27. The van der Waals surface area contributed by atoms with E-state index in [9.17, 15) is 4.79 Å². The van der Waals surface area contributed by atoms with Crippen LogP contribution in [0.15, 0.2) is 18.2 Å². The summed E-state index contributed by atoms with van der Waals surface area (Å²) in [6, 6.07) is 4.90. The summed E-state index contributed by atoms with van der Waals surface area (Å²) in [5.41, 5.74) is 0. The van der Waals surface area contributed by atoms with Crippen LogP contribution in [-0.2, 0) is 0 Å². The molecule has 1 aromatic rings. The number of amides is 1. The van der Waals surface area contributed by atoms with Crippen LogP contribution in [0.25, 0.3) is 0 Å². The second-order valence-electron chi connectivity index (χ2n) is 3.86. The first-order chi connectivity index (χ1) is 8.20. The maximum absolute atomic E-state index is 11.7. The topological polar surface area (TPSA) is 38.8 Å². The zero-order valence-electron chi connectivity index (χ0n) is 9.61. The minimum Gasteiger partial charge on any atom is -0.495 e. The van der Waals surface area contributed by atoms with Gasteiger partial charge in [-0.15, -0.1) is 0 Å². The Labute approximate surface area is 105 Å². The molecule has 1 aliphatic heterocycles. The van der Waals surface area contributed by atoms with E-state index in [-0.39, 0.29) is 6.09 Å². The third kappa shape index (κ3) is 2.82. The molecule has 0 bridgehead atoms. The number of halogens is 1. The van der Waals surface area contributed by atoms with Gasteiger partial charge in [-0.05, 0) is 25.0 Å². The smallest absolute Gasteiger partial charge is 0.415 e. The van der Waals surface area contributed by atoms with Gasteiger partial charge in [0, 0.05) is 19.2 Å². The van der Waals surface area contributed by atoms with Crippen LogP contribution in [0.2, 0.25) is 5.02 Å². The summed E-state index contributed by atoms with van der Waals surface area (Å²) in [7, 11) is 1.52. The number of likely N-dealkylation sites (tertiary alicyclic amines) is 1. The number of hydrogen-bond acceptors (Lipinski definition) is 3. The van der Waals surface area contributed by atoms with Gasteiger partial charge in [0.1, 0.15) is 11.5 Å². The summed E-state index contributed by atoms with van der Waals surface area (Å²) in [5, 5.41) is 0.494. The van der Waals surface area contributed by atoms with E-state index < -0.39 is 0 Å². The average molecular weight is 256 g/mol. The lowest BCUT2D eigenvalue weighted by molar-refractivity contribution is 0.162. The maximum Gasteiger partial charge on any atom is 0.415 e. The standard InChI is InChI=1S/C12H14ClNO3/c1-16-11-8-9(4-5-10(11)13)17-12(15)14-6-2-3-7-14/h4-5,8H,2-3,6-7H2,1H3. The van der Waals surface area contributed by atoms with E-state index in [0.717, 1.165) is 25.9 Å². The van der Waals surface area contributed by atoms with Crippen molar-refractivity contribution >= 4 is 17.7 Å². The molecule has 0 atom stereocenters. The third-order valence-electron chi connectivity index (χ3n) is 2.69. The number of methoxy groups -OCH3 is 1. The van der Waals surface area contributed by atoms with Crippen molar-refractivity contribution in [2.75, 3.05) is 20.2 Å². The molecule has 1 aromatic carbocycles. The SMILES string of the molecule is COc1cc(OC(=O)N2CCCC2)ccc1Cl. The molecule has 0 saturated carbocycles. The van der Waals surface area contributed by atoms with Gasteiger partial charge in [-0.1, -0.05) is 11.6 Å². The lowest BCUT2D eigenvalue weighted by Gasteiger charge is -2.15. The molecule has 0 N–H and O–H groups in total. The summed E-state index contributed by atoms with van der Waals surface area (Å²) in [6.45, 7) is 1.53. The molecule has 1 heterocycles. The fourth-order valence-electron chi connectivity index (χ4n) is 1.77. The number of benzene rings is 1. The van der Waals surface area contributed by atoms with Crippen LogP contribution in [0.3, 0.4) is 0 Å². The molecule has 1 fully saturated rings. The number of nitrogens with zero attached hydrogens (tertiary/aromatic N) is 1. The second kappa shape index (κ2) is 5.27. The summed E-state index contributed by atoms with van der Waals surface area (Å²) in [6.07, 6.45) is 1.77. The normalized spacial score (nSPS) is 14.8. The molecule has 17 heavy (non-hydrogen) atoms. The molecule has 1 aliphatic rings. The van der Waals surface area contributed by atoms with Crippen molar-refractivity contribution in [2.45, 2.75) is 12.8 Å². The molecule has 0 aliphatic carbocycles. The van der Waals surface area contributed by atoms with Gasteiger partial charge in [0.2, 0.25) is 0 Å². The van der Waals surface area contributed by atoms with Crippen LogP contribution < -0.4 is 9.47 Å². The summed E-state index contributed by atoms with van der Waals surface area (Å²) >= 11 is 5.88. The quantitative estimate of drug-likeness (QED) is 0.816. The molecule has 92 valence electrons. The van der Waals surface area contributed by atoms with Crippen LogP contribution in [0.5, 0.6) is 11.5 Å². The molecular formula is C12H14ClNO3. The Bertz CT molecular complexity index is 416. The molecule has 2 rings (SSSR count). The lowest BCUT2D eigenvalue weighted by Crippen LogP contribution is -2.30. The lowest BCUT2D eigenvalue weighted by atomic mass is 10.3. The molecule has 1 amide bonds. The van der Waals surface area contributed by atoms with E-state index in [1.54, 1.807) is 23.1 Å². The summed E-state index contributed by atoms with van der Waals surface area (Å²) in [5.74, 6) is 0.946. The van der Waals surface area contributed by atoms with Crippen molar-refractivity contribution in [3.05, 3.63) is 23.2 Å². The van der Waals surface area contributed by atoms with Crippen molar-refractivity contribution in [3.8, 4) is 11.5 Å². The van der Waals surface area contributed by atoms with Crippen molar-refractivity contribution in [1.82, 2.24) is 4.90 Å². The van der Waals surface area contributed by atoms with Crippen LogP contribution >= 0.6 is 11.6 Å². The Hall–Kier alpha value is -1.42. The molecule has 5 heteroatoms. The highest BCUT2D eigenvalue weighted by Gasteiger charge is 2.20. The fraction of sp³-hybridized carbons (Fsp3) is 0.417. The first-order valence-electron chi connectivity index (χ1n) is 5.51. The van der Waals surface area contributed by atoms with Gasteiger partial charge in [0.25, 0.3) is 0 Å². The zero-order valence-corrected chi connectivity index (χ0v) is 10.4. The fourth-order valence-corrected chi connectivity index (χ4v) is 1.96. The molecule has 0 unspecified atom stereocenters. The predicted octanol–water partition coefficient (Wildman–Crippen LogP) is 2.94. The highest BCUT2D eigenvalue weighted by atomic mass is 35.5. The van der Waals surface area contributed by atoms with Crippen molar-refractivity contribution in [3.63, 3.8) is 0 Å². The number of ether oxygens (including phenoxy) is 2. The van der Waals surface area contributed by atoms with Gasteiger partial charge in [-0.25, -0.2) is 4.79 Å². The number of rotatable bonds is 2. The van der Waals surface area contributed by atoms with E-state index in [1.165, 1.54) is 7.11 Å². The maximum atomic E-state index is 11.7. The van der Waals surface area contributed by atoms with Gasteiger partial charge in [0.05, 0.1) is 12.1 Å². The van der Waals surface area contributed by atoms with Gasteiger partial charge < -0.3 is 14.4 Å². The summed E-state index contributed by atoms with van der Waals surface area (Å²) in [4.78, 5) is 13.4. The Balaban J connectivity index is 2.05. The van der Waals surface area contributed by atoms with Gasteiger partial charge in [-0.2, -0.15) is 0 Å². The average Bonchev–Trinajstić information content (AvgIpc) is 2.85. The molecular weight excluding hydrogens is 242 g/mol. The minimum absolute atomic E-state index is 0.313. The Kier molecular flexibility index (Phi) is 3.74. The van der Waals surface area contributed by atoms with E-state index in [0.29, 0.717) is 16.5 Å². The van der Waals surface area contributed by atoms with Crippen molar-refractivity contribution in [2.24, 2.45) is 0 Å². The third-order valence-corrected chi connectivity index (χ3v) is 3.00.